The summed E-state index contributed by atoms with van der Waals surface area (Å²) in [6, 6.07) is 3.96. The van der Waals surface area contributed by atoms with Crippen LogP contribution < -0.4 is 5.73 Å². The lowest BCUT2D eigenvalue weighted by atomic mass is 10.1. The van der Waals surface area contributed by atoms with Crippen LogP contribution in [-0.4, -0.2) is 32.6 Å². The molecule has 1 aromatic carbocycles. The lowest BCUT2D eigenvalue weighted by Gasteiger charge is -2.16. The second-order valence-corrected chi connectivity index (χ2v) is 4.72. The van der Waals surface area contributed by atoms with Gasteiger partial charge in [0.05, 0.1) is 11.1 Å². The molecule has 0 spiro atoms. The van der Waals surface area contributed by atoms with Crippen molar-refractivity contribution in [1.29, 1.82) is 0 Å². The molecule has 0 bridgehead atoms. The number of rotatable bonds is 4. The van der Waals surface area contributed by atoms with Gasteiger partial charge in [-0.15, -0.1) is 0 Å². The number of nitrogen functional groups attached to an aromatic ring is 1. The number of nitro groups is 1. The predicted molar refractivity (Wildman–Crippen MR) is 76.5 cm³/mol. The zero-order chi connectivity index (χ0) is 15.6. The van der Waals surface area contributed by atoms with E-state index in [-0.39, 0.29) is 11.3 Å². The van der Waals surface area contributed by atoms with Gasteiger partial charge >= 0.3 is 0 Å². The molecule has 0 saturated heterocycles. The molecule has 0 fully saturated rings. The van der Waals surface area contributed by atoms with Gasteiger partial charge in [-0.05, 0) is 12.1 Å². The van der Waals surface area contributed by atoms with E-state index < -0.39 is 10.8 Å². The SMILES string of the molecule is CN(Cc1cnn(C)c1)C(=O)c1cc(N)ccc1[N+](=O)[O-]. The maximum Gasteiger partial charge on any atom is 0.282 e. The van der Waals surface area contributed by atoms with Crippen LogP contribution in [0.5, 0.6) is 0 Å². The number of aryl methyl sites for hydroxylation is 1. The molecule has 0 aliphatic carbocycles. The third kappa shape index (κ3) is 3.16. The maximum atomic E-state index is 12.4. The quantitative estimate of drug-likeness (QED) is 0.516. The smallest absolute Gasteiger partial charge is 0.282 e. The van der Waals surface area contributed by atoms with Crippen LogP contribution in [0.25, 0.3) is 0 Å². The Kier molecular flexibility index (Phi) is 3.88. The lowest BCUT2D eigenvalue weighted by Crippen LogP contribution is -2.26. The number of anilines is 1. The predicted octanol–water partition coefficient (Wildman–Crippen LogP) is 1.18. The van der Waals surface area contributed by atoms with Crippen LogP contribution >= 0.6 is 0 Å². The molecule has 110 valence electrons. The van der Waals surface area contributed by atoms with Gasteiger partial charge in [0.15, 0.2) is 0 Å². The second-order valence-electron chi connectivity index (χ2n) is 4.72. The van der Waals surface area contributed by atoms with Crippen molar-refractivity contribution in [1.82, 2.24) is 14.7 Å². The van der Waals surface area contributed by atoms with Crippen LogP contribution in [0.1, 0.15) is 15.9 Å². The number of aromatic nitrogens is 2. The van der Waals surface area contributed by atoms with Gasteiger partial charge in [0.1, 0.15) is 5.56 Å². The Bertz CT molecular complexity index is 695. The van der Waals surface area contributed by atoms with Gasteiger partial charge in [-0.2, -0.15) is 5.10 Å². The van der Waals surface area contributed by atoms with Crippen LogP contribution in [0.15, 0.2) is 30.6 Å². The van der Waals surface area contributed by atoms with E-state index in [0.29, 0.717) is 12.2 Å². The van der Waals surface area contributed by atoms with Gasteiger partial charge in [-0.3, -0.25) is 19.6 Å². The second kappa shape index (κ2) is 5.61. The number of carbonyl (C=O) groups is 1. The van der Waals surface area contributed by atoms with Crippen LogP contribution in [-0.2, 0) is 13.6 Å². The van der Waals surface area contributed by atoms with Crippen molar-refractivity contribution in [2.45, 2.75) is 6.54 Å². The molecule has 2 rings (SSSR count). The molecule has 21 heavy (non-hydrogen) atoms. The number of amides is 1. The van der Waals surface area contributed by atoms with Crippen molar-refractivity contribution >= 4 is 17.3 Å². The van der Waals surface area contributed by atoms with Crippen LogP contribution in [0, 0.1) is 10.1 Å². The number of hydrogen-bond acceptors (Lipinski definition) is 5. The number of nitro benzene ring substituents is 1. The van der Waals surface area contributed by atoms with E-state index >= 15 is 0 Å². The number of benzene rings is 1. The molecule has 1 heterocycles. The molecule has 0 unspecified atom stereocenters. The number of carbonyl (C=O) groups excluding carboxylic acids is 1. The molecule has 0 radical (unpaired) electrons. The monoisotopic (exact) mass is 289 g/mol. The molecule has 0 aliphatic heterocycles. The van der Waals surface area contributed by atoms with Crippen LogP contribution in [0.4, 0.5) is 11.4 Å². The highest BCUT2D eigenvalue weighted by Gasteiger charge is 2.23. The van der Waals surface area contributed by atoms with Crippen molar-refractivity contribution in [2.24, 2.45) is 7.05 Å². The van der Waals surface area contributed by atoms with Crippen molar-refractivity contribution in [2.75, 3.05) is 12.8 Å². The van der Waals surface area contributed by atoms with Crippen molar-refractivity contribution in [3.63, 3.8) is 0 Å². The van der Waals surface area contributed by atoms with E-state index in [4.69, 9.17) is 5.73 Å². The largest absolute Gasteiger partial charge is 0.399 e. The average Bonchev–Trinajstić information content (AvgIpc) is 2.82. The summed E-state index contributed by atoms with van der Waals surface area (Å²) in [4.78, 5) is 24.2. The first kappa shape index (κ1) is 14.5. The highest BCUT2D eigenvalue weighted by molar-refractivity contribution is 5.98. The van der Waals surface area contributed by atoms with Gasteiger partial charge in [0.2, 0.25) is 0 Å². The zero-order valence-corrected chi connectivity index (χ0v) is 11.7. The minimum Gasteiger partial charge on any atom is -0.399 e. The van der Waals surface area contributed by atoms with E-state index in [2.05, 4.69) is 5.10 Å². The van der Waals surface area contributed by atoms with E-state index in [0.717, 1.165) is 5.56 Å². The fourth-order valence-corrected chi connectivity index (χ4v) is 1.99. The first-order valence-corrected chi connectivity index (χ1v) is 6.15. The van der Waals surface area contributed by atoms with Crippen molar-refractivity contribution in [3.8, 4) is 0 Å². The van der Waals surface area contributed by atoms with Gasteiger partial charge in [0.25, 0.3) is 11.6 Å². The highest BCUT2D eigenvalue weighted by atomic mass is 16.6. The van der Waals surface area contributed by atoms with Crippen LogP contribution in [0.3, 0.4) is 0 Å². The normalized spacial score (nSPS) is 10.4. The van der Waals surface area contributed by atoms with E-state index in [9.17, 15) is 14.9 Å². The molecular weight excluding hydrogens is 274 g/mol. The van der Waals surface area contributed by atoms with E-state index in [1.807, 2.05) is 0 Å². The topological polar surface area (TPSA) is 107 Å². The van der Waals surface area contributed by atoms with Crippen molar-refractivity contribution < 1.29 is 9.72 Å². The summed E-state index contributed by atoms with van der Waals surface area (Å²) in [6.07, 6.45) is 3.41. The molecule has 0 atom stereocenters. The number of nitrogens with two attached hydrogens (primary N) is 1. The molecule has 0 saturated carbocycles. The fourth-order valence-electron chi connectivity index (χ4n) is 1.99. The molecule has 1 amide bonds. The van der Waals surface area contributed by atoms with Gasteiger partial charge < -0.3 is 10.6 Å². The molecule has 8 nitrogen and oxygen atoms in total. The van der Waals surface area contributed by atoms with E-state index in [1.54, 1.807) is 31.2 Å². The third-order valence-electron chi connectivity index (χ3n) is 2.97. The Morgan fingerprint density at radius 1 is 1.52 bits per heavy atom. The Hall–Kier alpha value is -2.90. The summed E-state index contributed by atoms with van der Waals surface area (Å²) in [7, 11) is 3.34. The first-order valence-electron chi connectivity index (χ1n) is 6.15. The third-order valence-corrected chi connectivity index (χ3v) is 2.97. The van der Waals surface area contributed by atoms with Gasteiger partial charge in [-0.25, -0.2) is 0 Å². The summed E-state index contributed by atoms with van der Waals surface area (Å²) in [6.45, 7) is 0.304. The van der Waals surface area contributed by atoms with Crippen molar-refractivity contribution in [3.05, 3.63) is 51.8 Å². The maximum absolute atomic E-state index is 12.4. The summed E-state index contributed by atoms with van der Waals surface area (Å²) >= 11 is 0. The number of nitrogens with zero attached hydrogens (tertiary/aromatic N) is 4. The Morgan fingerprint density at radius 2 is 2.24 bits per heavy atom. The highest BCUT2D eigenvalue weighted by Crippen LogP contribution is 2.23. The molecule has 1 aromatic heterocycles. The Labute approximate surface area is 120 Å². The zero-order valence-electron chi connectivity index (χ0n) is 11.7. The fraction of sp³-hybridized carbons (Fsp3) is 0.231. The van der Waals surface area contributed by atoms with Gasteiger partial charge in [0, 0.05) is 44.2 Å². The molecular formula is C13H15N5O3. The minimum absolute atomic E-state index is 0.0219. The minimum atomic E-state index is -0.593. The summed E-state index contributed by atoms with van der Waals surface area (Å²) in [5, 5.41) is 15.0. The van der Waals surface area contributed by atoms with E-state index in [1.165, 1.54) is 23.1 Å². The molecule has 0 aliphatic rings. The molecule has 8 heteroatoms. The molecule has 2 aromatic rings. The Morgan fingerprint density at radius 3 is 2.81 bits per heavy atom. The number of hydrogen-bond donors (Lipinski definition) is 1. The first-order chi connectivity index (χ1) is 9.88. The average molecular weight is 289 g/mol. The summed E-state index contributed by atoms with van der Waals surface area (Å²) in [5.74, 6) is -0.460. The van der Waals surface area contributed by atoms with Gasteiger partial charge in [-0.1, -0.05) is 0 Å². The Balaban J connectivity index is 2.26. The standard InChI is InChI=1S/C13H15N5O3/c1-16(7-9-6-15-17(2)8-9)13(19)11-5-10(14)3-4-12(11)18(20)21/h3-6,8H,7,14H2,1-2H3. The summed E-state index contributed by atoms with van der Waals surface area (Å²) in [5.41, 5.74) is 6.47. The lowest BCUT2D eigenvalue weighted by molar-refractivity contribution is -0.385. The van der Waals surface area contributed by atoms with Crippen LogP contribution in [0.2, 0.25) is 0 Å². The molecule has 2 N–H and O–H groups in total. The summed E-state index contributed by atoms with van der Waals surface area (Å²) < 4.78 is 1.62.